The highest BCUT2D eigenvalue weighted by Crippen LogP contribution is 2.15. The molecule has 0 spiro atoms. The number of hydrogen-bond donors (Lipinski definition) is 1. The van der Waals surface area contributed by atoms with E-state index in [1.54, 1.807) is 36.4 Å². The molecule has 0 aliphatic heterocycles. The molecule has 7 heteroatoms. The summed E-state index contributed by atoms with van der Waals surface area (Å²) in [6, 6.07) is 14.4. The Morgan fingerprint density at radius 3 is 2.36 bits per heavy atom. The first-order valence-electron chi connectivity index (χ1n) is 7.58. The van der Waals surface area contributed by atoms with E-state index >= 15 is 0 Å². The van der Waals surface area contributed by atoms with Crippen LogP contribution < -0.4 is 10.1 Å². The normalized spacial score (nSPS) is 10.2. The summed E-state index contributed by atoms with van der Waals surface area (Å²) >= 11 is 9.12. The van der Waals surface area contributed by atoms with Gasteiger partial charge >= 0.3 is 5.97 Å². The molecule has 5 nitrogen and oxygen atoms in total. The summed E-state index contributed by atoms with van der Waals surface area (Å²) < 4.78 is 11.0. The van der Waals surface area contributed by atoms with E-state index in [1.807, 2.05) is 12.1 Å². The van der Waals surface area contributed by atoms with Gasteiger partial charge in [-0.3, -0.25) is 4.79 Å². The number of nitrogens with one attached hydrogen (secondary N) is 1. The van der Waals surface area contributed by atoms with Gasteiger partial charge in [0.1, 0.15) is 5.75 Å². The number of benzene rings is 2. The number of hydrogen-bond acceptors (Lipinski definition) is 4. The highest BCUT2D eigenvalue weighted by molar-refractivity contribution is 9.10. The SMILES string of the molecule is O=C(COC(=O)COc1ccc(Br)cc1)NCCc1ccc(Cl)cc1. The number of ether oxygens (including phenoxy) is 2. The van der Waals surface area contributed by atoms with E-state index in [1.165, 1.54) is 0 Å². The largest absolute Gasteiger partial charge is 0.482 e. The van der Waals surface area contributed by atoms with Crippen molar-refractivity contribution in [3.63, 3.8) is 0 Å². The van der Waals surface area contributed by atoms with E-state index in [0.717, 1.165) is 10.0 Å². The molecule has 0 unspecified atom stereocenters. The zero-order chi connectivity index (χ0) is 18.1. The maximum Gasteiger partial charge on any atom is 0.344 e. The van der Waals surface area contributed by atoms with Gasteiger partial charge in [-0.15, -0.1) is 0 Å². The zero-order valence-electron chi connectivity index (χ0n) is 13.3. The predicted molar refractivity (Wildman–Crippen MR) is 98.8 cm³/mol. The van der Waals surface area contributed by atoms with Crippen LogP contribution in [0.2, 0.25) is 5.02 Å². The van der Waals surface area contributed by atoms with Crippen LogP contribution in [0, 0.1) is 0 Å². The van der Waals surface area contributed by atoms with Gasteiger partial charge in [-0.2, -0.15) is 0 Å². The fourth-order valence-electron chi connectivity index (χ4n) is 1.91. The molecule has 2 rings (SSSR count). The molecule has 2 aromatic carbocycles. The molecule has 1 N–H and O–H groups in total. The number of esters is 1. The molecule has 0 atom stereocenters. The summed E-state index contributed by atoms with van der Waals surface area (Å²) in [5.74, 6) is -0.408. The second-order valence-corrected chi connectivity index (χ2v) is 6.48. The number of rotatable bonds is 8. The predicted octanol–water partition coefficient (Wildman–Crippen LogP) is 3.38. The lowest BCUT2D eigenvalue weighted by atomic mass is 10.1. The van der Waals surface area contributed by atoms with Crippen molar-refractivity contribution in [2.24, 2.45) is 0 Å². The zero-order valence-corrected chi connectivity index (χ0v) is 15.7. The smallest absolute Gasteiger partial charge is 0.344 e. The number of carbonyl (C=O) groups is 2. The second kappa shape index (κ2) is 10.1. The average molecular weight is 427 g/mol. The molecular formula is C18H17BrClNO4. The van der Waals surface area contributed by atoms with Crippen LogP contribution in [0.25, 0.3) is 0 Å². The Morgan fingerprint density at radius 1 is 1.00 bits per heavy atom. The summed E-state index contributed by atoms with van der Waals surface area (Å²) in [4.78, 5) is 23.2. The van der Waals surface area contributed by atoms with Gasteiger partial charge < -0.3 is 14.8 Å². The topological polar surface area (TPSA) is 64.6 Å². The van der Waals surface area contributed by atoms with Gasteiger partial charge in [0.05, 0.1) is 0 Å². The minimum atomic E-state index is -0.601. The van der Waals surface area contributed by atoms with Crippen LogP contribution in [-0.4, -0.2) is 31.6 Å². The quantitative estimate of drug-likeness (QED) is 0.657. The van der Waals surface area contributed by atoms with Crippen LogP contribution >= 0.6 is 27.5 Å². The van der Waals surface area contributed by atoms with Gasteiger partial charge in [0.2, 0.25) is 0 Å². The van der Waals surface area contributed by atoms with Gasteiger partial charge in [-0.05, 0) is 48.4 Å². The lowest BCUT2D eigenvalue weighted by molar-refractivity contribution is -0.150. The van der Waals surface area contributed by atoms with Crippen molar-refractivity contribution in [3.05, 3.63) is 63.6 Å². The van der Waals surface area contributed by atoms with Crippen molar-refractivity contribution >= 4 is 39.4 Å². The summed E-state index contributed by atoms with van der Waals surface area (Å²) in [7, 11) is 0. The Hall–Kier alpha value is -2.05. The second-order valence-electron chi connectivity index (χ2n) is 5.13. The molecule has 0 aliphatic rings. The van der Waals surface area contributed by atoms with Gasteiger partial charge in [0.25, 0.3) is 5.91 Å². The van der Waals surface area contributed by atoms with Gasteiger partial charge in [-0.1, -0.05) is 39.7 Å². The molecule has 0 aromatic heterocycles. The van der Waals surface area contributed by atoms with Crippen LogP contribution in [0.4, 0.5) is 0 Å². The highest BCUT2D eigenvalue weighted by Gasteiger charge is 2.08. The molecule has 0 saturated carbocycles. The molecule has 0 heterocycles. The van der Waals surface area contributed by atoms with Crippen molar-refractivity contribution in [2.75, 3.05) is 19.8 Å². The van der Waals surface area contributed by atoms with E-state index in [2.05, 4.69) is 21.2 Å². The van der Waals surface area contributed by atoms with E-state index < -0.39 is 5.97 Å². The van der Waals surface area contributed by atoms with E-state index in [9.17, 15) is 9.59 Å². The fraction of sp³-hybridized carbons (Fsp3) is 0.222. The third-order valence-corrected chi connectivity index (χ3v) is 3.96. The summed E-state index contributed by atoms with van der Waals surface area (Å²) in [5, 5.41) is 3.36. The van der Waals surface area contributed by atoms with E-state index in [0.29, 0.717) is 23.7 Å². The Balaban J connectivity index is 1.59. The average Bonchev–Trinajstić information content (AvgIpc) is 2.61. The van der Waals surface area contributed by atoms with Crippen LogP contribution in [0.15, 0.2) is 53.0 Å². The lowest BCUT2D eigenvalue weighted by Gasteiger charge is -2.08. The number of halogens is 2. The van der Waals surface area contributed by atoms with Crippen molar-refractivity contribution in [1.29, 1.82) is 0 Å². The summed E-state index contributed by atoms with van der Waals surface area (Å²) in [6.45, 7) is -0.129. The van der Waals surface area contributed by atoms with Crippen LogP contribution in [0.3, 0.4) is 0 Å². The molecular weight excluding hydrogens is 410 g/mol. The van der Waals surface area contributed by atoms with Crippen molar-refractivity contribution in [1.82, 2.24) is 5.32 Å². The fourth-order valence-corrected chi connectivity index (χ4v) is 2.30. The monoisotopic (exact) mass is 425 g/mol. The Bertz CT molecular complexity index is 704. The Kier molecular flexibility index (Phi) is 7.76. The van der Waals surface area contributed by atoms with Crippen molar-refractivity contribution in [3.8, 4) is 5.75 Å². The van der Waals surface area contributed by atoms with Crippen molar-refractivity contribution < 1.29 is 19.1 Å². The van der Waals surface area contributed by atoms with E-state index in [-0.39, 0.29) is 19.1 Å². The molecule has 1 amide bonds. The van der Waals surface area contributed by atoms with Crippen molar-refractivity contribution in [2.45, 2.75) is 6.42 Å². The molecule has 132 valence electrons. The lowest BCUT2D eigenvalue weighted by Crippen LogP contribution is -2.31. The first kappa shape index (κ1) is 19.3. The Labute approximate surface area is 159 Å². The van der Waals surface area contributed by atoms with E-state index in [4.69, 9.17) is 21.1 Å². The third kappa shape index (κ3) is 7.58. The Morgan fingerprint density at radius 2 is 1.68 bits per heavy atom. The molecule has 0 aliphatic carbocycles. The van der Waals surface area contributed by atoms with Crippen LogP contribution in [0.5, 0.6) is 5.75 Å². The highest BCUT2D eigenvalue weighted by atomic mass is 79.9. The maximum absolute atomic E-state index is 11.6. The van der Waals surface area contributed by atoms with Crippen LogP contribution in [-0.2, 0) is 20.7 Å². The maximum atomic E-state index is 11.6. The third-order valence-electron chi connectivity index (χ3n) is 3.18. The molecule has 25 heavy (non-hydrogen) atoms. The first-order valence-corrected chi connectivity index (χ1v) is 8.75. The summed E-state index contributed by atoms with van der Waals surface area (Å²) in [5.41, 5.74) is 1.06. The molecule has 2 aromatic rings. The summed E-state index contributed by atoms with van der Waals surface area (Å²) in [6.07, 6.45) is 0.670. The molecule has 0 radical (unpaired) electrons. The van der Waals surface area contributed by atoms with Gasteiger partial charge in [-0.25, -0.2) is 4.79 Å². The molecule has 0 saturated heterocycles. The number of carbonyl (C=O) groups excluding carboxylic acids is 2. The number of amides is 1. The van der Waals surface area contributed by atoms with Crippen LogP contribution in [0.1, 0.15) is 5.56 Å². The standard InChI is InChI=1S/C18H17BrClNO4/c19-14-3-7-16(8-4-14)24-12-18(23)25-11-17(22)21-10-9-13-1-5-15(20)6-2-13/h1-8H,9-12H2,(H,21,22). The van der Waals surface area contributed by atoms with Gasteiger partial charge in [0, 0.05) is 16.0 Å². The minimum Gasteiger partial charge on any atom is -0.482 e. The molecule has 0 bridgehead atoms. The van der Waals surface area contributed by atoms with Gasteiger partial charge in [0.15, 0.2) is 13.2 Å². The minimum absolute atomic E-state index is 0.250. The molecule has 0 fully saturated rings. The first-order chi connectivity index (χ1) is 12.0.